The number of methoxy groups -OCH3 is 1. The first-order chi connectivity index (χ1) is 11.6. The van der Waals surface area contributed by atoms with E-state index in [4.69, 9.17) is 4.74 Å². The normalized spacial score (nSPS) is 15.8. The zero-order valence-corrected chi connectivity index (χ0v) is 16.1. The molecule has 2 rings (SSSR count). The molecule has 0 aromatic heterocycles. The largest absolute Gasteiger partial charge is 0.497 e. The van der Waals surface area contributed by atoms with Crippen LogP contribution < -0.4 is 4.74 Å². The quantitative estimate of drug-likeness (QED) is 0.657. The topological polar surface area (TPSA) is 29.5 Å². The molecular weight excluding hydrogens is 318 g/mol. The predicted octanol–water partition coefficient (Wildman–Crippen LogP) is 4.26. The number of likely N-dealkylation sites (tertiary alicyclic amines) is 1. The Balaban J connectivity index is 1.67. The van der Waals surface area contributed by atoms with Gasteiger partial charge in [-0.3, -0.25) is 4.79 Å². The standard InChI is InChI=1S/C20H31NO2S/c1-16(2)10-13-24-15-20(22)21-11-8-18(9-12-21)14-17-4-6-19(23-3)7-5-17/h4-7,16,18H,8-15H2,1-3H3. The first kappa shape index (κ1) is 19.2. The van der Waals surface area contributed by atoms with Gasteiger partial charge in [-0.2, -0.15) is 11.8 Å². The van der Waals surface area contributed by atoms with E-state index in [1.807, 2.05) is 12.1 Å². The summed E-state index contributed by atoms with van der Waals surface area (Å²) in [4.78, 5) is 14.3. The van der Waals surface area contributed by atoms with Crippen molar-refractivity contribution in [2.75, 3.05) is 31.7 Å². The first-order valence-electron chi connectivity index (χ1n) is 9.07. The molecular formula is C20H31NO2S. The second-order valence-electron chi connectivity index (χ2n) is 7.11. The van der Waals surface area contributed by atoms with E-state index in [1.165, 1.54) is 12.0 Å². The summed E-state index contributed by atoms with van der Waals surface area (Å²) in [6.45, 7) is 6.31. The van der Waals surface area contributed by atoms with Crippen LogP contribution >= 0.6 is 11.8 Å². The minimum absolute atomic E-state index is 0.326. The molecule has 0 N–H and O–H groups in total. The number of piperidine rings is 1. The van der Waals surface area contributed by atoms with Crippen molar-refractivity contribution in [3.8, 4) is 5.75 Å². The Labute approximate surface area is 151 Å². The molecule has 1 amide bonds. The van der Waals surface area contributed by atoms with Gasteiger partial charge < -0.3 is 9.64 Å². The Morgan fingerprint density at radius 3 is 2.50 bits per heavy atom. The highest BCUT2D eigenvalue weighted by Gasteiger charge is 2.22. The van der Waals surface area contributed by atoms with E-state index in [9.17, 15) is 4.79 Å². The van der Waals surface area contributed by atoms with Crippen molar-refractivity contribution >= 4 is 17.7 Å². The van der Waals surface area contributed by atoms with Crippen molar-refractivity contribution in [3.05, 3.63) is 29.8 Å². The third kappa shape index (κ3) is 6.39. The molecule has 1 heterocycles. The van der Waals surface area contributed by atoms with Crippen LogP contribution in [-0.2, 0) is 11.2 Å². The molecule has 0 saturated carbocycles. The number of ether oxygens (including phenoxy) is 1. The van der Waals surface area contributed by atoms with E-state index >= 15 is 0 Å². The predicted molar refractivity (Wildman–Crippen MR) is 103 cm³/mol. The van der Waals surface area contributed by atoms with E-state index in [0.29, 0.717) is 17.6 Å². The zero-order chi connectivity index (χ0) is 17.4. The molecule has 0 aliphatic carbocycles. The fraction of sp³-hybridized carbons (Fsp3) is 0.650. The molecule has 1 aliphatic rings. The van der Waals surface area contributed by atoms with Gasteiger partial charge in [0, 0.05) is 13.1 Å². The third-order valence-electron chi connectivity index (χ3n) is 4.72. The van der Waals surface area contributed by atoms with E-state index in [-0.39, 0.29) is 0 Å². The molecule has 3 nitrogen and oxygen atoms in total. The van der Waals surface area contributed by atoms with E-state index in [1.54, 1.807) is 18.9 Å². The van der Waals surface area contributed by atoms with Crippen molar-refractivity contribution in [2.45, 2.75) is 39.5 Å². The molecule has 0 radical (unpaired) electrons. The average molecular weight is 350 g/mol. The lowest BCUT2D eigenvalue weighted by Gasteiger charge is -2.32. The molecule has 0 unspecified atom stereocenters. The smallest absolute Gasteiger partial charge is 0.232 e. The van der Waals surface area contributed by atoms with Crippen LogP contribution in [0, 0.1) is 11.8 Å². The molecule has 24 heavy (non-hydrogen) atoms. The van der Waals surface area contributed by atoms with Crippen molar-refractivity contribution in [3.63, 3.8) is 0 Å². The maximum Gasteiger partial charge on any atom is 0.232 e. The molecule has 0 spiro atoms. The Hall–Kier alpha value is -1.16. The molecule has 1 aromatic rings. The van der Waals surface area contributed by atoms with Crippen LogP contribution in [-0.4, -0.2) is 42.5 Å². The number of hydrogen-bond donors (Lipinski definition) is 0. The number of carbonyl (C=O) groups is 1. The lowest BCUT2D eigenvalue weighted by atomic mass is 9.90. The van der Waals surface area contributed by atoms with Crippen molar-refractivity contribution < 1.29 is 9.53 Å². The molecule has 1 saturated heterocycles. The number of amides is 1. The van der Waals surface area contributed by atoms with Crippen LogP contribution in [0.15, 0.2) is 24.3 Å². The van der Waals surface area contributed by atoms with Gasteiger partial charge >= 0.3 is 0 Å². The summed E-state index contributed by atoms with van der Waals surface area (Å²) in [5.74, 6) is 4.39. The lowest BCUT2D eigenvalue weighted by Crippen LogP contribution is -2.39. The Bertz CT molecular complexity index is 493. The maximum atomic E-state index is 12.3. The van der Waals surface area contributed by atoms with Gasteiger partial charge in [-0.05, 0) is 61.0 Å². The van der Waals surface area contributed by atoms with Gasteiger partial charge in [0.05, 0.1) is 12.9 Å². The maximum absolute atomic E-state index is 12.3. The minimum atomic E-state index is 0.326. The highest BCUT2D eigenvalue weighted by molar-refractivity contribution is 7.99. The molecule has 1 aromatic carbocycles. The van der Waals surface area contributed by atoms with Gasteiger partial charge in [-0.1, -0.05) is 26.0 Å². The minimum Gasteiger partial charge on any atom is -0.497 e. The Morgan fingerprint density at radius 2 is 1.92 bits per heavy atom. The number of thioether (sulfide) groups is 1. The summed E-state index contributed by atoms with van der Waals surface area (Å²) in [6, 6.07) is 8.37. The second-order valence-corrected chi connectivity index (χ2v) is 8.22. The molecule has 1 aliphatic heterocycles. The average Bonchev–Trinajstić information content (AvgIpc) is 2.59. The summed E-state index contributed by atoms with van der Waals surface area (Å²) in [6.07, 6.45) is 4.54. The number of hydrogen-bond acceptors (Lipinski definition) is 3. The number of nitrogens with zero attached hydrogens (tertiary/aromatic N) is 1. The van der Waals surface area contributed by atoms with Gasteiger partial charge in [-0.25, -0.2) is 0 Å². The molecule has 0 bridgehead atoms. The molecule has 1 fully saturated rings. The van der Waals surface area contributed by atoms with E-state index in [2.05, 4.69) is 30.9 Å². The van der Waals surface area contributed by atoms with Crippen molar-refractivity contribution in [1.82, 2.24) is 4.90 Å². The van der Waals surface area contributed by atoms with Crippen LogP contribution in [0.4, 0.5) is 0 Å². The summed E-state index contributed by atoms with van der Waals surface area (Å²) in [5.41, 5.74) is 1.37. The SMILES string of the molecule is COc1ccc(CC2CCN(C(=O)CSCCC(C)C)CC2)cc1. The Morgan fingerprint density at radius 1 is 1.25 bits per heavy atom. The molecule has 134 valence electrons. The van der Waals surface area contributed by atoms with Gasteiger partial charge in [0.15, 0.2) is 0 Å². The van der Waals surface area contributed by atoms with Crippen LogP contribution in [0.2, 0.25) is 0 Å². The van der Waals surface area contributed by atoms with Crippen LogP contribution in [0.3, 0.4) is 0 Å². The number of rotatable bonds is 8. The highest BCUT2D eigenvalue weighted by atomic mass is 32.2. The monoisotopic (exact) mass is 349 g/mol. The van der Waals surface area contributed by atoms with Gasteiger partial charge in [0.2, 0.25) is 5.91 Å². The zero-order valence-electron chi connectivity index (χ0n) is 15.3. The van der Waals surface area contributed by atoms with Crippen LogP contribution in [0.1, 0.15) is 38.7 Å². The lowest BCUT2D eigenvalue weighted by molar-refractivity contribution is -0.129. The van der Waals surface area contributed by atoms with Crippen molar-refractivity contribution in [1.29, 1.82) is 0 Å². The van der Waals surface area contributed by atoms with Crippen molar-refractivity contribution in [2.24, 2.45) is 11.8 Å². The van der Waals surface area contributed by atoms with E-state index in [0.717, 1.165) is 49.8 Å². The Kier molecular flexibility index (Phi) is 7.97. The summed E-state index contributed by atoms with van der Waals surface area (Å²) < 4.78 is 5.21. The fourth-order valence-electron chi connectivity index (χ4n) is 3.05. The fourth-order valence-corrected chi connectivity index (χ4v) is 4.19. The summed E-state index contributed by atoms with van der Waals surface area (Å²) in [5, 5.41) is 0. The van der Waals surface area contributed by atoms with Gasteiger partial charge in [0.25, 0.3) is 0 Å². The van der Waals surface area contributed by atoms with Crippen LogP contribution in [0.5, 0.6) is 5.75 Å². The summed E-state index contributed by atoms with van der Waals surface area (Å²) >= 11 is 1.79. The number of benzene rings is 1. The van der Waals surface area contributed by atoms with E-state index < -0.39 is 0 Å². The molecule has 0 atom stereocenters. The molecule has 4 heteroatoms. The number of carbonyl (C=O) groups excluding carboxylic acids is 1. The second kappa shape index (κ2) is 9.97. The third-order valence-corrected chi connectivity index (χ3v) is 5.69. The van der Waals surface area contributed by atoms with Gasteiger partial charge in [-0.15, -0.1) is 0 Å². The van der Waals surface area contributed by atoms with Gasteiger partial charge in [0.1, 0.15) is 5.75 Å². The first-order valence-corrected chi connectivity index (χ1v) is 10.2. The van der Waals surface area contributed by atoms with Crippen LogP contribution in [0.25, 0.3) is 0 Å². The summed E-state index contributed by atoms with van der Waals surface area (Å²) in [7, 11) is 1.70. The highest BCUT2D eigenvalue weighted by Crippen LogP contribution is 2.23.